The topological polar surface area (TPSA) is 102 Å². The molecule has 0 aliphatic heterocycles. The Balaban J connectivity index is 1.69. The quantitative estimate of drug-likeness (QED) is 0.699. The second kappa shape index (κ2) is 7.71. The Morgan fingerprint density at radius 2 is 1.78 bits per heavy atom. The summed E-state index contributed by atoms with van der Waals surface area (Å²) in [6, 6.07) is 13.6. The third kappa shape index (κ3) is 4.59. The van der Waals surface area contributed by atoms with Crippen LogP contribution in [0.1, 0.15) is 17.9 Å². The number of sulfone groups is 1. The molecule has 1 heterocycles. The maximum atomic E-state index is 12.4. The van der Waals surface area contributed by atoms with Gasteiger partial charge in [-0.3, -0.25) is 4.79 Å². The van der Waals surface area contributed by atoms with E-state index in [2.05, 4.69) is 15.5 Å². The van der Waals surface area contributed by atoms with Gasteiger partial charge in [0.05, 0.1) is 16.3 Å². The number of benzene rings is 2. The minimum Gasteiger partial charge on any atom is -0.339 e. The molecule has 0 saturated carbocycles. The highest BCUT2D eigenvalue weighted by Crippen LogP contribution is 2.25. The van der Waals surface area contributed by atoms with Gasteiger partial charge >= 0.3 is 0 Å². The zero-order valence-electron chi connectivity index (χ0n) is 15.0. The molecule has 0 spiro atoms. The number of aryl methyl sites for hydroxylation is 2. The Morgan fingerprint density at radius 3 is 2.44 bits per heavy atom. The van der Waals surface area contributed by atoms with E-state index in [1.807, 2.05) is 6.92 Å². The number of amides is 1. The van der Waals surface area contributed by atoms with Gasteiger partial charge in [0.15, 0.2) is 9.84 Å². The average Bonchev–Trinajstić information content (AvgIpc) is 3.07. The molecule has 0 aliphatic rings. The summed E-state index contributed by atoms with van der Waals surface area (Å²) in [5.74, 6) is 0.0927. The molecule has 1 N–H and O–H groups in total. The van der Waals surface area contributed by atoms with Gasteiger partial charge in [-0.15, -0.1) is 0 Å². The first-order chi connectivity index (χ1) is 12.8. The minimum absolute atomic E-state index is 0.157. The molecular formula is C19H19N3O4S. The van der Waals surface area contributed by atoms with Gasteiger partial charge in [-0.25, -0.2) is 8.42 Å². The highest BCUT2D eigenvalue weighted by molar-refractivity contribution is 7.91. The maximum Gasteiger partial charge on any atom is 0.225 e. The van der Waals surface area contributed by atoms with Crippen molar-refractivity contribution in [3.05, 3.63) is 60.0 Å². The summed E-state index contributed by atoms with van der Waals surface area (Å²) >= 11 is 0. The van der Waals surface area contributed by atoms with Crippen molar-refractivity contribution in [3.63, 3.8) is 0 Å². The van der Waals surface area contributed by atoms with Gasteiger partial charge in [0.25, 0.3) is 0 Å². The van der Waals surface area contributed by atoms with Gasteiger partial charge in [-0.2, -0.15) is 4.98 Å². The highest BCUT2D eigenvalue weighted by Gasteiger charge is 2.18. The monoisotopic (exact) mass is 385 g/mol. The summed E-state index contributed by atoms with van der Waals surface area (Å²) in [7, 11) is -3.52. The van der Waals surface area contributed by atoms with E-state index in [0.717, 1.165) is 5.56 Å². The lowest BCUT2D eigenvalue weighted by Gasteiger charge is -2.09. The maximum absolute atomic E-state index is 12.4. The van der Waals surface area contributed by atoms with E-state index in [1.165, 1.54) is 0 Å². The van der Waals surface area contributed by atoms with Crippen LogP contribution >= 0.6 is 0 Å². The van der Waals surface area contributed by atoms with Crippen molar-refractivity contribution < 1.29 is 17.7 Å². The molecule has 0 unspecified atom stereocenters. The summed E-state index contributed by atoms with van der Waals surface area (Å²) in [4.78, 5) is 16.7. The molecule has 0 fully saturated rings. The number of anilines is 1. The van der Waals surface area contributed by atoms with E-state index >= 15 is 0 Å². The molecule has 140 valence electrons. The molecule has 7 nitrogen and oxygen atoms in total. The summed E-state index contributed by atoms with van der Waals surface area (Å²) in [5, 5.41) is 6.58. The third-order valence-corrected chi connectivity index (χ3v) is 5.68. The van der Waals surface area contributed by atoms with Gasteiger partial charge in [-0.05, 0) is 31.2 Å². The molecule has 3 rings (SSSR count). The van der Waals surface area contributed by atoms with Crippen molar-refractivity contribution in [2.75, 3.05) is 11.1 Å². The second-order valence-corrected chi connectivity index (χ2v) is 8.22. The molecular weight excluding hydrogens is 366 g/mol. The van der Waals surface area contributed by atoms with Crippen molar-refractivity contribution in [3.8, 4) is 11.4 Å². The summed E-state index contributed by atoms with van der Waals surface area (Å²) in [6.07, 6.45) is -0.157. The van der Waals surface area contributed by atoms with E-state index in [-0.39, 0.29) is 17.1 Å². The van der Waals surface area contributed by atoms with E-state index in [9.17, 15) is 13.2 Å². The molecule has 27 heavy (non-hydrogen) atoms. The lowest BCUT2D eigenvalue weighted by atomic mass is 10.1. The number of hydrogen-bond acceptors (Lipinski definition) is 6. The number of nitrogens with one attached hydrogen (secondary N) is 1. The minimum atomic E-state index is -3.52. The van der Waals surface area contributed by atoms with Crippen LogP contribution in [0.25, 0.3) is 11.4 Å². The van der Waals surface area contributed by atoms with E-state index in [4.69, 9.17) is 4.52 Å². The largest absolute Gasteiger partial charge is 0.339 e. The number of carbonyl (C=O) groups excluding carboxylic acids is 1. The Labute approximate surface area is 157 Å². The van der Waals surface area contributed by atoms with Crippen molar-refractivity contribution in [1.82, 2.24) is 10.1 Å². The van der Waals surface area contributed by atoms with Crippen molar-refractivity contribution in [1.29, 1.82) is 0 Å². The van der Waals surface area contributed by atoms with Crippen molar-refractivity contribution in [2.45, 2.75) is 25.2 Å². The number of hydrogen-bond donors (Lipinski definition) is 1. The van der Waals surface area contributed by atoms with Gasteiger partial charge in [-0.1, -0.05) is 35.0 Å². The van der Waals surface area contributed by atoms with E-state index in [0.29, 0.717) is 23.0 Å². The third-order valence-electron chi connectivity index (χ3n) is 3.95. The molecule has 1 aromatic heterocycles. The number of nitrogens with zero attached hydrogens (tertiary/aromatic N) is 2. The Kier molecular flexibility index (Phi) is 5.36. The first-order valence-electron chi connectivity index (χ1n) is 8.34. The Bertz CT molecular complexity index is 1060. The smallest absolute Gasteiger partial charge is 0.225 e. The fourth-order valence-corrected chi connectivity index (χ4v) is 3.74. The van der Waals surface area contributed by atoms with Gasteiger partial charge in [0.2, 0.25) is 17.6 Å². The van der Waals surface area contributed by atoms with Crippen molar-refractivity contribution >= 4 is 21.4 Å². The van der Waals surface area contributed by atoms with E-state index < -0.39 is 15.7 Å². The standard InChI is InChI=1S/C19H19N3O4S/c1-13-7-9-15(10-8-13)27(24,25)12-11-18(23)21-17-6-4-3-5-16(17)19-20-14(2)26-22-19/h3-10H,11-12H2,1-2H3,(H,21,23). The molecule has 2 aromatic carbocycles. The second-order valence-electron chi connectivity index (χ2n) is 6.11. The fourth-order valence-electron chi connectivity index (χ4n) is 2.50. The van der Waals surface area contributed by atoms with Crippen LogP contribution < -0.4 is 5.32 Å². The van der Waals surface area contributed by atoms with Crippen LogP contribution in [-0.4, -0.2) is 30.2 Å². The normalized spacial score (nSPS) is 11.3. The van der Waals surface area contributed by atoms with E-state index in [1.54, 1.807) is 55.5 Å². The number of carbonyl (C=O) groups is 1. The lowest BCUT2D eigenvalue weighted by molar-refractivity contribution is -0.115. The molecule has 3 aromatic rings. The van der Waals surface area contributed by atoms with Gasteiger partial charge < -0.3 is 9.84 Å². The molecule has 0 radical (unpaired) electrons. The lowest BCUT2D eigenvalue weighted by Crippen LogP contribution is -2.18. The zero-order chi connectivity index (χ0) is 19.4. The van der Waals surface area contributed by atoms with Crippen LogP contribution in [-0.2, 0) is 14.6 Å². The number of para-hydroxylation sites is 1. The average molecular weight is 385 g/mol. The van der Waals surface area contributed by atoms with Gasteiger partial charge in [0.1, 0.15) is 0 Å². The first-order valence-corrected chi connectivity index (χ1v) is 9.99. The predicted octanol–water partition coefficient (Wildman–Crippen LogP) is 3.16. The molecule has 8 heteroatoms. The molecule has 0 aliphatic carbocycles. The van der Waals surface area contributed by atoms with Crippen LogP contribution in [0.4, 0.5) is 5.69 Å². The van der Waals surface area contributed by atoms with Crippen molar-refractivity contribution in [2.24, 2.45) is 0 Å². The predicted molar refractivity (Wildman–Crippen MR) is 101 cm³/mol. The van der Waals surface area contributed by atoms with Crippen LogP contribution in [0.15, 0.2) is 57.9 Å². The Hall–Kier alpha value is -3.00. The summed E-state index contributed by atoms with van der Waals surface area (Å²) in [6.45, 7) is 3.56. The Morgan fingerprint density at radius 1 is 1.07 bits per heavy atom. The number of rotatable bonds is 6. The molecule has 0 atom stereocenters. The number of aromatic nitrogens is 2. The van der Waals surface area contributed by atoms with Crippen LogP contribution in [0.2, 0.25) is 0 Å². The van der Waals surface area contributed by atoms with Gasteiger partial charge in [0, 0.05) is 18.9 Å². The molecule has 0 bridgehead atoms. The summed E-state index contributed by atoms with van der Waals surface area (Å²) in [5.41, 5.74) is 2.07. The van der Waals surface area contributed by atoms with Crippen LogP contribution in [0.3, 0.4) is 0 Å². The fraction of sp³-hybridized carbons (Fsp3) is 0.211. The highest BCUT2D eigenvalue weighted by atomic mass is 32.2. The van der Waals surface area contributed by atoms with Crippen LogP contribution in [0.5, 0.6) is 0 Å². The molecule has 1 amide bonds. The first kappa shape index (κ1) is 18.8. The zero-order valence-corrected chi connectivity index (χ0v) is 15.8. The summed E-state index contributed by atoms with van der Waals surface area (Å²) < 4.78 is 29.7. The van der Waals surface area contributed by atoms with Crippen LogP contribution in [0, 0.1) is 13.8 Å². The molecule has 0 saturated heterocycles. The SMILES string of the molecule is Cc1ccc(S(=O)(=O)CCC(=O)Nc2ccccc2-c2noc(C)n2)cc1.